The molecular formula is C14H16N2O2S. The summed E-state index contributed by atoms with van der Waals surface area (Å²) in [5, 5.41) is 0. The van der Waals surface area contributed by atoms with Crippen molar-refractivity contribution in [2.75, 3.05) is 12.3 Å². The van der Waals surface area contributed by atoms with Crippen LogP contribution in [0.1, 0.15) is 6.92 Å². The minimum absolute atomic E-state index is 0.257. The molecule has 0 unspecified atom stereocenters. The zero-order valence-electron chi connectivity index (χ0n) is 10.6. The number of sulfonamides is 1. The van der Waals surface area contributed by atoms with Gasteiger partial charge in [-0.2, -0.15) is 0 Å². The summed E-state index contributed by atoms with van der Waals surface area (Å²) in [4.78, 5) is 0.257. The van der Waals surface area contributed by atoms with Gasteiger partial charge in [-0.25, -0.2) is 13.1 Å². The molecule has 0 heterocycles. The lowest BCUT2D eigenvalue weighted by atomic mass is 10.0. The Labute approximate surface area is 113 Å². The van der Waals surface area contributed by atoms with Crippen molar-refractivity contribution in [1.82, 2.24) is 4.72 Å². The van der Waals surface area contributed by atoms with Crippen LogP contribution in [0.15, 0.2) is 53.4 Å². The number of benzene rings is 2. The molecule has 0 atom stereocenters. The van der Waals surface area contributed by atoms with Crippen LogP contribution in [0.25, 0.3) is 11.1 Å². The van der Waals surface area contributed by atoms with Crippen LogP contribution in [0, 0.1) is 0 Å². The molecule has 4 nitrogen and oxygen atoms in total. The Morgan fingerprint density at radius 2 is 1.68 bits per heavy atom. The third-order valence-electron chi connectivity index (χ3n) is 2.77. The summed E-state index contributed by atoms with van der Waals surface area (Å²) in [7, 11) is -3.40. The average Bonchev–Trinajstić information content (AvgIpc) is 2.39. The molecule has 19 heavy (non-hydrogen) atoms. The van der Waals surface area contributed by atoms with Gasteiger partial charge in [-0.05, 0) is 23.8 Å². The summed E-state index contributed by atoms with van der Waals surface area (Å²) >= 11 is 0. The third kappa shape index (κ3) is 2.94. The quantitative estimate of drug-likeness (QED) is 0.841. The smallest absolute Gasteiger partial charge is 0.240 e. The van der Waals surface area contributed by atoms with Crippen LogP contribution in [0.3, 0.4) is 0 Å². The zero-order chi connectivity index (χ0) is 13.9. The molecule has 0 amide bonds. The predicted octanol–water partition coefficient (Wildman–Crippen LogP) is 2.23. The average molecular weight is 276 g/mol. The van der Waals surface area contributed by atoms with E-state index in [0.29, 0.717) is 12.2 Å². The van der Waals surface area contributed by atoms with Gasteiger partial charge in [-0.15, -0.1) is 0 Å². The number of para-hydroxylation sites is 1. The molecule has 3 N–H and O–H groups in total. The number of hydrogen-bond donors (Lipinski definition) is 2. The summed E-state index contributed by atoms with van der Waals surface area (Å²) in [5.74, 6) is 0. The Morgan fingerprint density at radius 1 is 1.05 bits per heavy atom. The molecule has 0 saturated carbocycles. The molecule has 0 bridgehead atoms. The van der Waals surface area contributed by atoms with E-state index >= 15 is 0 Å². The Balaban J connectivity index is 2.37. The number of anilines is 1. The van der Waals surface area contributed by atoms with E-state index in [9.17, 15) is 8.42 Å². The number of hydrogen-bond acceptors (Lipinski definition) is 3. The Hall–Kier alpha value is -1.85. The number of nitrogens with two attached hydrogens (primary N) is 1. The lowest BCUT2D eigenvalue weighted by Gasteiger charge is -2.08. The SMILES string of the molecule is CCNS(=O)(=O)c1ccc(-c2ccccc2N)cc1. The van der Waals surface area contributed by atoms with Gasteiger partial charge in [0.25, 0.3) is 0 Å². The minimum Gasteiger partial charge on any atom is -0.398 e. The van der Waals surface area contributed by atoms with Gasteiger partial charge < -0.3 is 5.73 Å². The highest BCUT2D eigenvalue weighted by atomic mass is 32.2. The van der Waals surface area contributed by atoms with Gasteiger partial charge in [0.2, 0.25) is 10.0 Å². The summed E-state index contributed by atoms with van der Waals surface area (Å²) < 4.78 is 26.1. The first-order valence-electron chi connectivity index (χ1n) is 5.99. The molecule has 2 aromatic rings. The van der Waals surface area contributed by atoms with Crippen LogP contribution in [-0.4, -0.2) is 15.0 Å². The van der Waals surface area contributed by atoms with E-state index in [4.69, 9.17) is 5.73 Å². The molecule has 0 radical (unpaired) electrons. The van der Waals surface area contributed by atoms with Gasteiger partial charge in [-0.3, -0.25) is 0 Å². The second kappa shape index (κ2) is 5.42. The largest absolute Gasteiger partial charge is 0.398 e. The first-order valence-corrected chi connectivity index (χ1v) is 7.47. The monoisotopic (exact) mass is 276 g/mol. The second-order valence-corrected chi connectivity index (χ2v) is 5.88. The van der Waals surface area contributed by atoms with Crippen molar-refractivity contribution in [3.63, 3.8) is 0 Å². The van der Waals surface area contributed by atoms with E-state index < -0.39 is 10.0 Å². The van der Waals surface area contributed by atoms with Gasteiger partial charge in [0.1, 0.15) is 0 Å². The van der Waals surface area contributed by atoms with E-state index in [1.54, 1.807) is 31.2 Å². The summed E-state index contributed by atoms with van der Waals surface area (Å²) in [6, 6.07) is 14.2. The second-order valence-electron chi connectivity index (χ2n) is 4.11. The third-order valence-corrected chi connectivity index (χ3v) is 4.33. The van der Waals surface area contributed by atoms with Crippen LogP contribution in [0.4, 0.5) is 5.69 Å². The van der Waals surface area contributed by atoms with Gasteiger partial charge in [0.15, 0.2) is 0 Å². The van der Waals surface area contributed by atoms with Gasteiger partial charge in [0, 0.05) is 17.8 Å². The Kier molecular flexibility index (Phi) is 3.87. The van der Waals surface area contributed by atoms with E-state index in [-0.39, 0.29) is 4.90 Å². The molecule has 0 aliphatic heterocycles. The number of nitrogen functional groups attached to an aromatic ring is 1. The van der Waals surface area contributed by atoms with Crippen molar-refractivity contribution >= 4 is 15.7 Å². The molecule has 2 aromatic carbocycles. The fourth-order valence-electron chi connectivity index (χ4n) is 1.85. The van der Waals surface area contributed by atoms with E-state index in [1.807, 2.05) is 24.3 Å². The van der Waals surface area contributed by atoms with Crippen LogP contribution >= 0.6 is 0 Å². The van der Waals surface area contributed by atoms with Crippen molar-refractivity contribution in [3.8, 4) is 11.1 Å². The van der Waals surface area contributed by atoms with Crippen molar-refractivity contribution < 1.29 is 8.42 Å². The summed E-state index contributed by atoms with van der Waals surface area (Å²) in [6.45, 7) is 2.12. The molecule has 2 rings (SSSR count). The molecule has 0 aliphatic rings. The molecule has 100 valence electrons. The maximum atomic E-state index is 11.8. The van der Waals surface area contributed by atoms with Crippen LogP contribution in [0.2, 0.25) is 0 Å². The topological polar surface area (TPSA) is 72.2 Å². The van der Waals surface area contributed by atoms with Gasteiger partial charge in [0.05, 0.1) is 4.90 Å². The fraction of sp³-hybridized carbons (Fsp3) is 0.143. The highest BCUT2D eigenvalue weighted by Crippen LogP contribution is 2.26. The molecule has 0 aromatic heterocycles. The lowest BCUT2D eigenvalue weighted by molar-refractivity contribution is 0.584. The molecular weight excluding hydrogens is 260 g/mol. The maximum Gasteiger partial charge on any atom is 0.240 e. The minimum atomic E-state index is -3.40. The highest BCUT2D eigenvalue weighted by molar-refractivity contribution is 7.89. The van der Waals surface area contributed by atoms with E-state index in [1.165, 1.54) is 0 Å². The molecule has 5 heteroatoms. The van der Waals surface area contributed by atoms with Gasteiger partial charge in [-0.1, -0.05) is 37.3 Å². The normalized spacial score (nSPS) is 11.4. The van der Waals surface area contributed by atoms with Crippen molar-refractivity contribution in [3.05, 3.63) is 48.5 Å². The predicted molar refractivity (Wildman–Crippen MR) is 77.2 cm³/mol. The van der Waals surface area contributed by atoms with Gasteiger partial charge >= 0.3 is 0 Å². The maximum absolute atomic E-state index is 11.8. The molecule has 0 fully saturated rings. The standard InChI is InChI=1S/C14H16N2O2S/c1-2-16-19(17,18)12-9-7-11(8-10-12)13-5-3-4-6-14(13)15/h3-10,16H,2,15H2,1H3. The molecule has 0 aliphatic carbocycles. The van der Waals surface area contributed by atoms with Crippen LogP contribution < -0.4 is 10.5 Å². The van der Waals surface area contributed by atoms with Crippen molar-refractivity contribution in [2.24, 2.45) is 0 Å². The number of rotatable bonds is 4. The first-order chi connectivity index (χ1) is 9.04. The van der Waals surface area contributed by atoms with E-state index in [0.717, 1.165) is 11.1 Å². The van der Waals surface area contributed by atoms with Crippen LogP contribution in [0.5, 0.6) is 0 Å². The lowest BCUT2D eigenvalue weighted by Crippen LogP contribution is -2.22. The fourth-order valence-corrected chi connectivity index (χ4v) is 2.89. The molecule has 0 spiro atoms. The van der Waals surface area contributed by atoms with E-state index in [2.05, 4.69) is 4.72 Å². The Bertz CT molecular complexity index is 664. The Morgan fingerprint density at radius 3 is 2.26 bits per heavy atom. The first kappa shape index (κ1) is 13.6. The summed E-state index contributed by atoms with van der Waals surface area (Å²) in [5.41, 5.74) is 8.36. The van der Waals surface area contributed by atoms with Crippen LogP contribution in [-0.2, 0) is 10.0 Å². The molecule has 0 saturated heterocycles. The summed E-state index contributed by atoms with van der Waals surface area (Å²) in [6.07, 6.45) is 0. The zero-order valence-corrected chi connectivity index (χ0v) is 11.4. The number of nitrogens with one attached hydrogen (secondary N) is 1. The highest BCUT2D eigenvalue weighted by Gasteiger charge is 2.12. The van der Waals surface area contributed by atoms with Crippen molar-refractivity contribution in [1.29, 1.82) is 0 Å². The van der Waals surface area contributed by atoms with Crippen molar-refractivity contribution in [2.45, 2.75) is 11.8 Å².